The third-order valence-corrected chi connectivity index (χ3v) is 5.26. The highest BCUT2D eigenvalue weighted by Gasteiger charge is 2.31. The van der Waals surface area contributed by atoms with Crippen LogP contribution in [0, 0.1) is 0 Å². The third-order valence-electron chi connectivity index (χ3n) is 3.11. The van der Waals surface area contributed by atoms with Crippen molar-refractivity contribution in [1.82, 2.24) is 10.3 Å². The standard InChI is InChI=1S/C16H14ClF3N2OS2/c1-24-12-4-2-10(3-5-12)14(23)21-6-7-25-15-13(17)8-11(9-22-15)16(18,19)20/h2-5,8-9H,6-7H2,1H3,(H,21,23). The van der Waals surface area contributed by atoms with E-state index in [2.05, 4.69) is 10.3 Å². The van der Waals surface area contributed by atoms with Gasteiger partial charge in [-0.05, 0) is 36.6 Å². The summed E-state index contributed by atoms with van der Waals surface area (Å²) in [6.45, 7) is 0.340. The fraction of sp³-hybridized carbons (Fsp3) is 0.250. The summed E-state index contributed by atoms with van der Waals surface area (Å²) < 4.78 is 37.6. The average Bonchev–Trinajstić information content (AvgIpc) is 2.58. The van der Waals surface area contributed by atoms with Crippen LogP contribution in [-0.2, 0) is 6.18 Å². The van der Waals surface area contributed by atoms with Crippen LogP contribution in [0.5, 0.6) is 0 Å². The molecule has 0 aliphatic carbocycles. The number of thioether (sulfide) groups is 2. The molecule has 0 unspecified atom stereocenters. The number of hydrogen-bond acceptors (Lipinski definition) is 4. The topological polar surface area (TPSA) is 42.0 Å². The summed E-state index contributed by atoms with van der Waals surface area (Å²) in [5.74, 6) is 0.229. The molecule has 0 fully saturated rings. The molecule has 2 aromatic rings. The maximum atomic E-state index is 12.5. The lowest BCUT2D eigenvalue weighted by molar-refractivity contribution is -0.137. The Kier molecular flexibility index (Phi) is 7.04. The number of benzene rings is 1. The predicted molar refractivity (Wildman–Crippen MR) is 95.5 cm³/mol. The van der Waals surface area contributed by atoms with Gasteiger partial charge < -0.3 is 5.32 Å². The highest BCUT2D eigenvalue weighted by molar-refractivity contribution is 7.99. The molecule has 0 aliphatic heterocycles. The monoisotopic (exact) mass is 406 g/mol. The normalized spacial score (nSPS) is 11.4. The van der Waals surface area contributed by atoms with Crippen molar-refractivity contribution >= 4 is 41.0 Å². The second-order valence-corrected chi connectivity index (χ2v) is 7.21. The lowest BCUT2D eigenvalue weighted by atomic mass is 10.2. The summed E-state index contributed by atoms with van der Waals surface area (Å²) in [5, 5.41) is 2.99. The third kappa shape index (κ3) is 5.83. The molecule has 1 N–H and O–H groups in total. The summed E-state index contributed by atoms with van der Waals surface area (Å²) in [5.41, 5.74) is -0.336. The zero-order valence-electron chi connectivity index (χ0n) is 13.1. The molecule has 1 heterocycles. The number of nitrogens with one attached hydrogen (secondary N) is 1. The van der Waals surface area contributed by atoms with Crippen LogP contribution in [-0.4, -0.2) is 29.4 Å². The Hall–Kier alpha value is -1.38. The number of carbonyl (C=O) groups excluding carboxylic acids is 1. The van der Waals surface area contributed by atoms with E-state index in [9.17, 15) is 18.0 Å². The first-order valence-electron chi connectivity index (χ1n) is 7.09. The van der Waals surface area contributed by atoms with Gasteiger partial charge in [0.05, 0.1) is 10.6 Å². The first-order chi connectivity index (χ1) is 11.8. The van der Waals surface area contributed by atoms with Gasteiger partial charge in [-0.1, -0.05) is 11.6 Å². The van der Waals surface area contributed by atoms with Gasteiger partial charge in [-0.3, -0.25) is 4.79 Å². The number of alkyl halides is 3. The zero-order valence-corrected chi connectivity index (χ0v) is 15.5. The highest BCUT2D eigenvalue weighted by atomic mass is 35.5. The lowest BCUT2D eigenvalue weighted by Gasteiger charge is -2.09. The Morgan fingerprint density at radius 1 is 1.28 bits per heavy atom. The molecule has 0 spiro atoms. The summed E-state index contributed by atoms with van der Waals surface area (Å²) in [6, 6.07) is 8.05. The summed E-state index contributed by atoms with van der Waals surface area (Å²) in [7, 11) is 0. The van der Waals surface area contributed by atoms with Crippen LogP contribution >= 0.6 is 35.1 Å². The van der Waals surface area contributed by atoms with Gasteiger partial charge >= 0.3 is 6.18 Å². The van der Waals surface area contributed by atoms with Crippen LogP contribution in [0.4, 0.5) is 13.2 Å². The number of hydrogen-bond donors (Lipinski definition) is 1. The largest absolute Gasteiger partial charge is 0.417 e. The Balaban J connectivity index is 1.83. The molecular formula is C16H14ClF3N2OS2. The molecule has 1 aromatic carbocycles. The van der Waals surface area contributed by atoms with Crippen molar-refractivity contribution < 1.29 is 18.0 Å². The minimum absolute atomic E-state index is 0.0567. The second kappa shape index (κ2) is 8.82. The van der Waals surface area contributed by atoms with Gasteiger partial charge in [0.2, 0.25) is 0 Å². The molecule has 2 rings (SSSR count). The van der Waals surface area contributed by atoms with E-state index in [1.54, 1.807) is 23.9 Å². The van der Waals surface area contributed by atoms with Gasteiger partial charge in [-0.15, -0.1) is 23.5 Å². The fourth-order valence-corrected chi connectivity index (χ4v) is 3.30. The minimum Gasteiger partial charge on any atom is -0.351 e. The molecule has 0 aliphatic rings. The number of rotatable bonds is 6. The molecule has 0 saturated carbocycles. The van der Waals surface area contributed by atoms with Crippen LogP contribution in [0.15, 0.2) is 46.5 Å². The van der Waals surface area contributed by atoms with E-state index in [0.717, 1.165) is 17.2 Å². The van der Waals surface area contributed by atoms with Crippen LogP contribution in [0.25, 0.3) is 0 Å². The van der Waals surface area contributed by atoms with Crippen LogP contribution in [0.3, 0.4) is 0 Å². The average molecular weight is 407 g/mol. The van der Waals surface area contributed by atoms with Crippen molar-refractivity contribution in [1.29, 1.82) is 0 Å². The maximum absolute atomic E-state index is 12.5. The van der Waals surface area contributed by atoms with Crippen molar-refractivity contribution in [3.8, 4) is 0 Å². The Labute approximate surface area is 156 Å². The van der Waals surface area contributed by atoms with Gasteiger partial charge in [0.1, 0.15) is 5.03 Å². The Morgan fingerprint density at radius 3 is 2.52 bits per heavy atom. The molecule has 1 aromatic heterocycles. The molecule has 3 nitrogen and oxygen atoms in total. The van der Waals surface area contributed by atoms with Crippen molar-refractivity contribution in [2.45, 2.75) is 16.1 Å². The molecule has 1 amide bonds. The Morgan fingerprint density at radius 2 is 1.96 bits per heavy atom. The molecule has 0 bridgehead atoms. The van der Waals surface area contributed by atoms with E-state index in [0.29, 0.717) is 22.9 Å². The van der Waals surface area contributed by atoms with Crippen molar-refractivity contribution in [2.24, 2.45) is 0 Å². The number of carbonyl (C=O) groups is 1. The van der Waals surface area contributed by atoms with E-state index in [1.165, 1.54) is 11.8 Å². The first-order valence-corrected chi connectivity index (χ1v) is 9.68. The summed E-state index contributed by atoms with van der Waals surface area (Å²) in [4.78, 5) is 16.8. The SMILES string of the molecule is CSc1ccc(C(=O)NCCSc2ncc(C(F)(F)F)cc2Cl)cc1. The second-order valence-electron chi connectivity index (χ2n) is 4.84. The Bertz CT molecular complexity index is 739. The van der Waals surface area contributed by atoms with Crippen molar-refractivity contribution in [3.63, 3.8) is 0 Å². The zero-order chi connectivity index (χ0) is 18.4. The lowest BCUT2D eigenvalue weighted by Crippen LogP contribution is -2.25. The van der Waals surface area contributed by atoms with Crippen molar-refractivity contribution in [2.75, 3.05) is 18.6 Å². The van der Waals surface area contributed by atoms with E-state index in [1.807, 2.05) is 18.4 Å². The van der Waals surface area contributed by atoms with Crippen LogP contribution < -0.4 is 5.32 Å². The molecule has 25 heavy (non-hydrogen) atoms. The number of nitrogens with zero attached hydrogens (tertiary/aromatic N) is 1. The summed E-state index contributed by atoms with van der Waals surface area (Å²) >= 11 is 8.60. The van der Waals surface area contributed by atoms with Crippen LogP contribution in [0.2, 0.25) is 5.02 Å². The molecule has 0 atom stereocenters. The van der Waals surface area contributed by atoms with Gasteiger partial charge in [-0.25, -0.2) is 4.98 Å². The van der Waals surface area contributed by atoms with Gasteiger partial charge in [0.15, 0.2) is 0 Å². The summed E-state index contributed by atoms with van der Waals surface area (Å²) in [6.07, 6.45) is -1.77. The molecule has 0 saturated heterocycles. The quantitative estimate of drug-likeness (QED) is 0.541. The minimum atomic E-state index is -4.47. The molecule has 9 heteroatoms. The number of halogens is 4. The molecule has 0 radical (unpaired) electrons. The fourth-order valence-electron chi connectivity index (χ4n) is 1.84. The van der Waals surface area contributed by atoms with E-state index >= 15 is 0 Å². The predicted octanol–water partition coefficient (Wildman–Crippen LogP) is 5.00. The van der Waals surface area contributed by atoms with Crippen molar-refractivity contribution in [3.05, 3.63) is 52.7 Å². The van der Waals surface area contributed by atoms with Gasteiger partial charge in [0, 0.05) is 29.0 Å². The molecular weight excluding hydrogens is 393 g/mol. The van der Waals surface area contributed by atoms with E-state index < -0.39 is 11.7 Å². The molecule has 134 valence electrons. The van der Waals surface area contributed by atoms with Crippen LogP contribution in [0.1, 0.15) is 15.9 Å². The number of aromatic nitrogens is 1. The number of pyridine rings is 1. The van der Waals surface area contributed by atoms with E-state index in [-0.39, 0.29) is 10.9 Å². The number of amides is 1. The van der Waals surface area contributed by atoms with E-state index in [4.69, 9.17) is 11.6 Å². The smallest absolute Gasteiger partial charge is 0.351 e. The van der Waals surface area contributed by atoms with Gasteiger partial charge in [0.25, 0.3) is 5.91 Å². The van der Waals surface area contributed by atoms with Gasteiger partial charge in [-0.2, -0.15) is 13.2 Å². The maximum Gasteiger partial charge on any atom is 0.417 e. The highest BCUT2D eigenvalue weighted by Crippen LogP contribution is 2.33. The first kappa shape index (κ1) is 19.9.